The first-order chi connectivity index (χ1) is 7.65. The smallest absolute Gasteiger partial charge is 0.253 e. The molecule has 16 heavy (non-hydrogen) atoms. The van der Waals surface area contributed by atoms with Gasteiger partial charge in [0.15, 0.2) is 0 Å². The number of anilines is 1. The Balaban J connectivity index is 2.67. The molecule has 0 bridgehead atoms. The van der Waals surface area contributed by atoms with Crippen molar-refractivity contribution < 1.29 is 9.53 Å². The van der Waals surface area contributed by atoms with Crippen molar-refractivity contribution in [3.63, 3.8) is 0 Å². The van der Waals surface area contributed by atoms with Gasteiger partial charge in [0, 0.05) is 13.2 Å². The summed E-state index contributed by atoms with van der Waals surface area (Å²) in [5.74, 6) is -0.144. The number of hydrogen-bond acceptors (Lipinski definition) is 4. The molecule has 0 saturated heterocycles. The van der Waals surface area contributed by atoms with E-state index in [2.05, 4.69) is 15.6 Å². The average molecular weight is 223 g/mol. The minimum atomic E-state index is -0.144. The molecular weight excluding hydrogens is 206 g/mol. The summed E-state index contributed by atoms with van der Waals surface area (Å²) in [5.41, 5.74) is 1.23. The molecule has 5 heteroatoms. The molecule has 0 aliphatic heterocycles. The second-order valence-electron chi connectivity index (χ2n) is 3.54. The maximum absolute atomic E-state index is 11.5. The molecule has 0 radical (unpaired) electrons. The van der Waals surface area contributed by atoms with E-state index in [1.165, 1.54) is 0 Å². The predicted molar refractivity (Wildman–Crippen MR) is 62.3 cm³/mol. The SMILES string of the molecule is CNC(=O)c1ccncc1NCOC(C)C. The van der Waals surface area contributed by atoms with Crippen molar-refractivity contribution in [1.29, 1.82) is 0 Å². The lowest BCUT2D eigenvalue weighted by Gasteiger charge is -2.12. The molecule has 0 spiro atoms. The zero-order valence-corrected chi connectivity index (χ0v) is 9.78. The van der Waals surface area contributed by atoms with Gasteiger partial charge in [0.05, 0.1) is 23.6 Å². The van der Waals surface area contributed by atoms with Crippen LogP contribution in [0.5, 0.6) is 0 Å². The first kappa shape index (κ1) is 12.4. The fourth-order valence-electron chi connectivity index (χ4n) is 1.15. The fourth-order valence-corrected chi connectivity index (χ4v) is 1.15. The van der Waals surface area contributed by atoms with Gasteiger partial charge in [0.1, 0.15) is 6.73 Å². The van der Waals surface area contributed by atoms with Gasteiger partial charge in [-0.25, -0.2) is 0 Å². The summed E-state index contributed by atoms with van der Waals surface area (Å²) in [6, 6.07) is 1.66. The normalized spacial score (nSPS) is 10.2. The lowest BCUT2D eigenvalue weighted by Crippen LogP contribution is -2.21. The topological polar surface area (TPSA) is 63.2 Å². The minimum Gasteiger partial charge on any atom is -0.361 e. The van der Waals surface area contributed by atoms with Gasteiger partial charge in [-0.05, 0) is 19.9 Å². The third kappa shape index (κ3) is 3.51. The highest BCUT2D eigenvalue weighted by Crippen LogP contribution is 2.12. The third-order valence-corrected chi connectivity index (χ3v) is 1.97. The van der Waals surface area contributed by atoms with Gasteiger partial charge in [-0.3, -0.25) is 9.78 Å². The van der Waals surface area contributed by atoms with Gasteiger partial charge in [0.25, 0.3) is 5.91 Å². The van der Waals surface area contributed by atoms with E-state index in [1.54, 1.807) is 25.5 Å². The molecule has 1 rings (SSSR count). The molecule has 0 aliphatic carbocycles. The van der Waals surface area contributed by atoms with Crippen molar-refractivity contribution in [2.75, 3.05) is 19.1 Å². The Morgan fingerprint density at radius 1 is 1.56 bits per heavy atom. The number of aromatic nitrogens is 1. The van der Waals surface area contributed by atoms with E-state index in [1.807, 2.05) is 13.8 Å². The van der Waals surface area contributed by atoms with E-state index in [4.69, 9.17) is 4.74 Å². The van der Waals surface area contributed by atoms with E-state index in [0.717, 1.165) is 0 Å². The third-order valence-electron chi connectivity index (χ3n) is 1.97. The summed E-state index contributed by atoms with van der Waals surface area (Å²) >= 11 is 0. The van der Waals surface area contributed by atoms with Gasteiger partial charge >= 0.3 is 0 Å². The maximum Gasteiger partial charge on any atom is 0.253 e. The molecule has 0 aliphatic rings. The molecule has 2 N–H and O–H groups in total. The Labute approximate surface area is 95.2 Å². The van der Waals surface area contributed by atoms with Crippen molar-refractivity contribution in [2.45, 2.75) is 20.0 Å². The number of hydrogen-bond donors (Lipinski definition) is 2. The largest absolute Gasteiger partial charge is 0.361 e. The summed E-state index contributed by atoms with van der Waals surface area (Å²) in [5, 5.41) is 5.59. The molecule has 0 saturated carbocycles. The number of amides is 1. The van der Waals surface area contributed by atoms with E-state index < -0.39 is 0 Å². The summed E-state index contributed by atoms with van der Waals surface area (Å²) in [6.07, 6.45) is 3.33. The zero-order valence-electron chi connectivity index (χ0n) is 9.78. The van der Waals surface area contributed by atoms with Crippen molar-refractivity contribution in [3.8, 4) is 0 Å². The summed E-state index contributed by atoms with van der Waals surface area (Å²) < 4.78 is 5.34. The van der Waals surface area contributed by atoms with Gasteiger partial charge in [-0.2, -0.15) is 0 Å². The van der Waals surface area contributed by atoms with Crippen LogP contribution in [-0.4, -0.2) is 30.8 Å². The quantitative estimate of drug-likeness (QED) is 0.737. The van der Waals surface area contributed by atoms with E-state index in [9.17, 15) is 4.79 Å². The van der Waals surface area contributed by atoms with Crippen molar-refractivity contribution in [3.05, 3.63) is 24.0 Å². The molecule has 1 aromatic rings. The predicted octanol–water partition coefficient (Wildman–Crippen LogP) is 1.24. The molecule has 88 valence electrons. The van der Waals surface area contributed by atoms with Crippen LogP contribution in [0.25, 0.3) is 0 Å². The molecule has 1 heterocycles. The number of nitrogens with zero attached hydrogens (tertiary/aromatic N) is 1. The lowest BCUT2D eigenvalue weighted by molar-refractivity contribution is 0.0934. The zero-order chi connectivity index (χ0) is 12.0. The Morgan fingerprint density at radius 2 is 2.31 bits per heavy atom. The molecule has 0 atom stereocenters. The van der Waals surface area contributed by atoms with Crippen molar-refractivity contribution >= 4 is 11.6 Å². The lowest BCUT2D eigenvalue weighted by atomic mass is 10.2. The van der Waals surface area contributed by atoms with Crippen LogP contribution in [0, 0.1) is 0 Å². The Morgan fingerprint density at radius 3 is 2.94 bits per heavy atom. The number of pyridine rings is 1. The molecule has 5 nitrogen and oxygen atoms in total. The van der Waals surface area contributed by atoms with Crippen LogP contribution in [0.1, 0.15) is 24.2 Å². The van der Waals surface area contributed by atoms with Gasteiger partial charge in [0.2, 0.25) is 0 Å². The van der Waals surface area contributed by atoms with Crippen LogP contribution < -0.4 is 10.6 Å². The highest BCUT2D eigenvalue weighted by molar-refractivity contribution is 5.99. The molecule has 0 fully saturated rings. The second kappa shape index (κ2) is 6.07. The Kier molecular flexibility index (Phi) is 4.72. The first-order valence-corrected chi connectivity index (χ1v) is 5.16. The number of carbonyl (C=O) groups is 1. The highest BCUT2D eigenvalue weighted by atomic mass is 16.5. The van der Waals surface area contributed by atoms with Gasteiger partial charge < -0.3 is 15.4 Å². The summed E-state index contributed by atoms with van der Waals surface area (Å²) in [6.45, 7) is 4.25. The number of ether oxygens (including phenoxy) is 1. The van der Waals surface area contributed by atoms with Gasteiger partial charge in [-0.1, -0.05) is 0 Å². The van der Waals surface area contributed by atoms with Crippen molar-refractivity contribution in [1.82, 2.24) is 10.3 Å². The van der Waals surface area contributed by atoms with Crippen LogP contribution in [-0.2, 0) is 4.74 Å². The number of rotatable bonds is 5. The maximum atomic E-state index is 11.5. The standard InChI is InChI=1S/C11H17N3O2/c1-8(2)16-7-14-10-6-13-5-4-9(10)11(15)12-3/h4-6,8,14H,7H2,1-3H3,(H,12,15). The number of nitrogens with one attached hydrogen (secondary N) is 2. The Bertz CT molecular complexity index is 353. The van der Waals surface area contributed by atoms with Crippen LogP contribution in [0.15, 0.2) is 18.5 Å². The molecule has 1 amide bonds. The van der Waals surface area contributed by atoms with Crippen LogP contribution >= 0.6 is 0 Å². The molecule has 1 aromatic heterocycles. The first-order valence-electron chi connectivity index (χ1n) is 5.16. The second-order valence-corrected chi connectivity index (χ2v) is 3.54. The molecular formula is C11H17N3O2. The fraction of sp³-hybridized carbons (Fsp3) is 0.455. The van der Waals surface area contributed by atoms with Crippen LogP contribution in [0.2, 0.25) is 0 Å². The minimum absolute atomic E-state index is 0.144. The summed E-state index contributed by atoms with van der Waals surface area (Å²) in [7, 11) is 1.59. The number of carbonyl (C=O) groups excluding carboxylic acids is 1. The molecule has 0 unspecified atom stereocenters. The van der Waals surface area contributed by atoms with E-state index in [0.29, 0.717) is 18.0 Å². The van der Waals surface area contributed by atoms with Crippen LogP contribution in [0.3, 0.4) is 0 Å². The summed E-state index contributed by atoms with van der Waals surface area (Å²) in [4.78, 5) is 15.5. The van der Waals surface area contributed by atoms with Gasteiger partial charge in [-0.15, -0.1) is 0 Å². The van der Waals surface area contributed by atoms with Crippen molar-refractivity contribution in [2.24, 2.45) is 0 Å². The van der Waals surface area contributed by atoms with E-state index in [-0.39, 0.29) is 12.0 Å². The monoisotopic (exact) mass is 223 g/mol. The van der Waals surface area contributed by atoms with E-state index >= 15 is 0 Å². The average Bonchev–Trinajstić information content (AvgIpc) is 2.28. The highest BCUT2D eigenvalue weighted by Gasteiger charge is 2.08. The Hall–Kier alpha value is -1.62. The van der Waals surface area contributed by atoms with Crippen LogP contribution in [0.4, 0.5) is 5.69 Å². The molecule has 0 aromatic carbocycles.